The standard InChI is InChI=1S/C19H26N6O3/c1-19(2,22-17(26)12-6-5-7-14(8-12)28-4)16-11-25(24-23-16)13-9-15(21-10-13)18(27)20-3/h5-8,11,13,15,21H,9-10H2,1-4H3,(H,20,27)(H,22,26)/t13-,15+/m1/s1. The number of amides is 2. The topological polar surface area (TPSA) is 110 Å². The molecule has 1 fully saturated rings. The molecule has 3 rings (SSSR count). The molecule has 1 aromatic carbocycles. The van der Waals surface area contributed by atoms with Gasteiger partial charge in [-0.25, -0.2) is 4.68 Å². The van der Waals surface area contributed by atoms with E-state index in [2.05, 4.69) is 26.3 Å². The molecule has 2 amide bonds. The van der Waals surface area contributed by atoms with E-state index in [4.69, 9.17) is 4.74 Å². The fraction of sp³-hybridized carbons (Fsp3) is 0.474. The quantitative estimate of drug-likeness (QED) is 0.671. The van der Waals surface area contributed by atoms with E-state index in [0.717, 1.165) is 0 Å². The fourth-order valence-corrected chi connectivity index (χ4v) is 3.22. The largest absolute Gasteiger partial charge is 0.497 e. The van der Waals surface area contributed by atoms with E-state index in [9.17, 15) is 9.59 Å². The van der Waals surface area contributed by atoms with Crippen LogP contribution in [0.1, 0.15) is 42.4 Å². The molecule has 28 heavy (non-hydrogen) atoms. The van der Waals surface area contributed by atoms with Gasteiger partial charge >= 0.3 is 0 Å². The molecule has 0 radical (unpaired) electrons. The van der Waals surface area contributed by atoms with Gasteiger partial charge in [-0.15, -0.1) is 5.10 Å². The molecule has 1 aromatic heterocycles. The summed E-state index contributed by atoms with van der Waals surface area (Å²) in [6, 6.07) is 6.78. The molecule has 1 aliphatic rings. The van der Waals surface area contributed by atoms with Gasteiger partial charge in [0.25, 0.3) is 5.91 Å². The number of methoxy groups -OCH3 is 1. The first-order chi connectivity index (χ1) is 13.3. The Hall–Kier alpha value is -2.94. The zero-order valence-electron chi connectivity index (χ0n) is 16.5. The lowest BCUT2D eigenvalue weighted by Crippen LogP contribution is -2.41. The molecule has 0 unspecified atom stereocenters. The summed E-state index contributed by atoms with van der Waals surface area (Å²) in [6.07, 6.45) is 2.46. The molecule has 9 heteroatoms. The maximum Gasteiger partial charge on any atom is 0.252 e. The van der Waals surface area contributed by atoms with Crippen LogP contribution >= 0.6 is 0 Å². The molecule has 0 aliphatic carbocycles. The van der Waals surface area contributed by atoms with Crippen molar-refractivity contribution in [2.45, 2.75) is 37.9 Å². The second kappa shape index (κ2) is 7.97. The molecule has 0 bridgehead atoms. The lowest BCUT2D eigenvalue weighted by molar-refractivity contribution is -0.122. The third-order valence-electron chi connectivity index (χ3n) is 4.95. The van der Waals surface area contributed by atoms with Gasteiger partial charge in [-0.1, -0.05) is 11.3 Å². The van der Waals surface area contributed by atoms with Crippen LogP contribution in [0.2, 0.25) is 0 Å². The van der Waals surface area contributed by atoms with Crippen molar-refractivity contribution >= 4 is 11.8 Å². The van der Waals surface area contributed by atoms with Crippen molar-refractivity contribution in [3.05, 3.63) is 41.7 Å². The Morgan fingerprint density at radius 3 is 2.86 bits per heavy atom. The SMILES string of the molecule is CNC(=O)[C@@H]1C[C@@H](n2cc(C(C)(C)NC(=O)c3cccc(OC)c3)nn2)CN1. The fourth-order valence-electron chi connectivity index (χ4n) is 3.22. The highest BCUT2D eigenvalue weighted by molar-refractivity contribution is 5.95. The van der Waals surface area contributed by atoms with Crippen LogP contribution in [-0.2, 0) is 10.3 Å². The molecule has 0 saturated carbocycles. The summed E-state index contributed by atoms with van der Waals surface area (Å²) < 4.78 is 6.93. The molecule has 9 nitrogen and oxygen atoms in total. The number of carbonyl (C=O) groups excluding carboxylic acids is 2. The Morgan fingerprint density at radius 1 is 1.36 bits per heavy atom. The number of hydrogen-bond acceptors (Lipinski definition) is 6. The van der Waals surface area contributed by atoms with Crippen molar-refractivity contribution < 1.29 is 14.3 Å². The molecule has 1 saturated heterocycles. The van der Waals surface area contributed by atoms with Crippen LogP contribution in [0, 0.1) is 0 Å². The second-order valence-corrected chi connectivity index (χ2v) is 7.36. The van der Waals surface area contributed by atoms with E-state index in [0.29, 0.717) is 30.0 Å². The molecule has 2 aromatic rings. The minimum atomic E-state index is -0.718. The average molecular weight is 386 g/mol. The average Bonchev–Trinajstić information content (AvgIpc) is 3.36. The Morgan fingerprint density at radius 2 is 2.14 bits per heavy atom. The molecule has 1 aliphatic heterocycles. The van der Waals surface area contributed by atoms with Gasteiger partial charge in [0.2, 0.25) is 5.91 Å². The van der Waals surface area contributed by atoms with Crippen molar-refractivity contribution in [3.63, 3.8) is 0 Å². The molecular formula is C19H26N6O3. The first kappa shape index (κ1) is 19.8. The van der Waals surface area contributed by atoms with Crippen molar-refractivity contribution in [1.82, 2.24) is 30.9 Å². The number of benzene rings is 1. The Labute approximate surface area is 163 Å². The summed E-state index contributed by atoms with van der Waals surface area (Å²) >= 11 is 0. The van der Waals surface area contributed by atoms with Crippen LogP contribution < -0.4 is 20.7 Å². The summed E-state index contributed by atoms with van der Waals surface area (Å²) in [5.74, 6) is 0.366. The van der Waals surface area contributed by atoms with Crippen LogP contribution in [0.5, 0.6) is 5.75 Å². The number of ether oxygens (including phenoxy) is 1. The molecule has 2 atom stereocenters. The lowest BCUT2D eigenvalue weighted by atomic mass is 10.0. The van der Waals surface area contributed by atoms with Crippen LogP contribution in [0.4, 0.5) is 0 Å². The highest BCUT2D eigenvalue weighted by Crippen LogP contribution is 2.23. The Bertz CT molecular complexity index is 863. The lowest BCUT2D eigenvalue weighted by Gasteiger charge is -2.24. The highest BCUT2D eigenvalue weighted by Gasteiger charge is 2.32. The van der Waals surface area contributed by atoms with Gasteiger partial charge in [0.05, 0.1) is 30.9 Å². The number of carbonyl (C=O) groups is 2. The summed E-state index contributed by atoms with van der Waals surface area (Å²) in [5, 5.41) is 17.3. The van der Waals surface area contributed by atoms with E-state index in [1.165, 1.54) is 0 Å². The number of nitrogens with one attached hydrogen (secondary N) is 3. The van der Waals surface area contributed by atoms with Gasteiger partial charge in [-0.3, -0.25) is 9.59 Å². The molecular weight excluding hydrogens is 360 g/mol. The zero-order valence-corrected chi connectivity index (χ0v) is 16.5. The van der Waals surface area contributed by atoms with E-state index >= 15 is 0 Å². The maximum absolute atomic E-state index is 12.6. The van der Waals surface area contributed by atoms with Crippen LogP contribution in [0.3, 0.4) is 0 Å². The van der Waals surface area contributed by atoms with Gasteiger partial charge in [-0.2, -0.15) is 0 Å². The Balaban J connectivity index is 1.69. The van der Waals surface area contributed by atoms with Crippen LogP contribution in [0.15, 0.2) is 30.5 Å². The van der Waals surface area contributed by atoms with Gasteiger partial charge in [-0.05, 0) is 38.5 Å². The predicted molar refractivity (Wildman–Crippen MR) is 103 cm³/mol. The number of rotatable bonds is 6. The zero-order chi connectivity index (χ0) is 20.3. The summed E-state index contributed by atoms with van der Waals surface area (Å²) in [5.41, 5.74) is 0.435. The minimum Gasteiger partial charge on any atom is -0.497 e. The minimum absolute atomic E-state index is 0.0336. The molecule has 3 N–H and O–H groups in total. The van der Waals surface area contributed by atoms with E-state index in [1.54, 1.807) is 43.1 Å². The number of hydrogen-bond donors (Lipinski definition) is 3. The van der Waals surface area contributed by atoms with Gasteiger partial charge < -0.3 is 20.7 Å². The smallest absolute Gasteiger partial charge is 0.252 e. The molecule has 150 valence electrons. The highest BCUT2D eigenvalue weighted by atomic mass is 16.5. The predicted octanol–water partition coefficient (Wildman–Crippen LogP) is 0.601. The number of aromatic nitrogens is 3. The van der Waals surface area contributed by atoms with Crippen LogP contribution in [-0.4, -0.2) is 53.6 Å². The molecule has 2 heterocycles. The number of likely N-dealkylation sites (N-methyl/N-ethyl adjacent to an activating group) is 1. The van der Waals surface area contributed by atoms with Gasteiger partial charge in [0, 0.05) is 19.2 Å². The second-order valence-electron chi connectivity index (χ2n) is 7.36. The van der Waals surface area contributed by atoms with Gasteiger partial charge in [0.1, 0.15) is 11.4 Å². The van der Waals surface area contributed by atoms with E-state index in [1.807, 2.05) is 20.0 Å². The van der Waals surface area contributed by atoms with Crippen molar-refractivity contribution in [2.24, 2.45) is 0 Å². The van der Waals surface area contributed by atoms with Crippen molar-refractivity contribution in [1.29, 1.82) is 0 Å². The monoisotopic (exact) mass is 386 g/mol. The van der Waals surface area contributed by atoms with Crippen LogP contribution in [0.25, 0.3) is 0 Å². The first-order valence-electron chi connectivity index (χ1n) is 9.18. The third-order valence-corrected chi connectivity index (χ3v) is 4.95. The van der Waals surface area contributed by atoms with E-state index < -0.39 is 5.54 Å². The Kier molecular flexibility index (Phi) is 5.64. The summed E-state index contributed by atoms with van der Waals surface area (Å²) in [7, 11) is 3.18. The maximum atomic E-state index is 12.6. The number of nitrogens with zero attached hydrogens (tertiary/aromatic N) is 3. The first-order valence-corrected chi connectivity index (χ1v) is 9.18. The normalized spacial score (nSPS) is 19.3. The summed E-state index contributed by atoms with van der Waals surface area (Å²) in [6.45, 7) is 4.39. The molecule has 0 spiro atoms. The van der Waals surface area contributed by atoms with E-state index in [-0.39, 0.29) is 23.9 Å². The van der Waals surface area contributed by atoms with Crippen molar-refractivity contribution in [3.8, 4) is 5.75 Å². The third kappa shape index (κ3) is 4.14. The van der Waals surface area contributed by atoms with Gasteiger partial charge in [0.15, 0.2) is 0 Å². The van der Waals surface area contributed by atoms with Crippen molar-refractivity contribution in [2.75, 3.05) is 20.7 Å². The summed E-state index contributed by atoms with van der Waals surface area (Å²) in [4.78, 5) is 24.4.